The molecule has 7 nitrogen and oxygen atoms in total. The molecule has 0 spiro atoms. The summed E-state index contributed by atoms with van der Waals surface area (Å²) in [6, 6.07) is 6.33. The molecular formula is C32H31F7N4O3S. The highest BCUT2D eigenvalue weighted by Crippen LogP contribution is 2.41. The van der Waals surface area contributed by atoms with Crippen LogP contribution in [0.25, 0.3) is 11.1 Å². The maximum Gasteiger partial charge on any atom is 0.416 e. The smallest absolute Gasteiger partial charge is 0.369 e. The molecule has 0 N–H and O–H groups in total. The van der Waals surface area contributed by atoms with Crippen molar-refractivity contribution in [3.63, 3.8) is 0 Å². The minimum Gasteiger partial charge on any atom is -0.369 e. The molecule has 3 heterocycles. The van der Waals surface area contributed by atoms with E-state index in [2.05, 4.69) is 4.98 Å². The summed E-state index contributed by atoms with van der Waals surface area (Å²) >= 11 is 0. The number of anilines is 2. The predicted octanol–water partition coefficient (Wildman–Crippen LogP) is 6.56. The van der Waals surface area contributed by atoms with Crippen LogP contribution in [0.3, 0.4) is 0 Å². The lowest BCUT2D eigenvalue weighted by Crippen LogP contribution is -2.53. The number of amides is 1. The van der Waals surface area contributed by atoms with Crippen LogP contribution in [-0.4, -0.2) is 61.9 Å². The molecule has 1 amide bonds. The van der Waals surface area contributed by atoms with Crippen molar-refractivity contribution in [2.75, 3.05) is 41.4 Å². The van der Waals surface area contributed by atoms with Crippen molar-refractivity contribution >= 4 is 27.2 Å². The van der Waals surface area contributed by atoms with Gasteiger partial charge in [0.1, 0.15) is 11.6 Å². The van der Waals surface area contributed by atoms with Crippen molar-refractivity contribution in [1.82, 2.24) is 9.88 Å². The molecule has 3 aromatic rings. The Labute approximate surface area is 267 Å². The summed E-state index contributed by atoms with van der Waals surface area (Å²) in [4.78, 5) is 23.3. The molecule has 0 saturated carbocycles. The van der Waals surface area contributed by atoms with E-state index >= 15 is 0 Å². The predicted molar refractivity (Wildman–Crippen MR) is 163 cm³/mol. The lowest BCUT2D eigenvalue weighted by Gasteiger charge is -2.41. The van der Waals surface area contributed by atoms with Crippen molar-refractivity contribution in [3.8, 4) is 11.1 Å². The third-order valence-corrected chi connectivity index (χ3v) is 10.3. The highest BCUT2D eigenvalue weighted by Gasteiger charge is 2.41. The SMILES string of the molecule is Cc1cc(F)ccc1-c1cc(N2C=CN3CCS(=O)(=O)CC3C2)ncc1N(C)C(=O)C(C)(C)c1cc(C(F)(F)F)cc(C(F)(F)F)c1. The molecule has 252 valence electrons. The minimum absolute atomic E-state index is 0.00281. The summed E-state index contributed by atoms with van der Waals surface area (Å²) in [6.45, 7) is 4.73. The summed E-state index contributed by atoms with van der Waals surface area (Å²) in [5.74, 6) is -0.979. The molecule has 1 aromatic heterocycles. The van der Waals surface area contributed by atoms with Gasteiger partial charge in [0.15, 0.2) is 9.84 Å². The molecule has 0 aliphatic carbocycles. The van der Waals surface area contributed by atoms with E-state index in [4.69, 9.17) is 0 Å². The number of benzene rings is 2. The first-order valence-electron chi connectivity index (χ1n) is 14.4. The van der Waals surface area contributed by atoms with E-state index in [0.29, 0.717) is 41.2 Å². The van der Waals surface area contributed by atoms with Crippen molar-refractivity contribution in [2.45, 2.75) is 44.6 Å². The van der Waals surface area contributed by atoms with Gasteiger partial charge in [0.2, 0.25) is 5.91 Å². The summed E-state index contributed by atoms with van der Waals surface area (Å²) in [5, 5.41) is 0. The van der Waals surface area contributed by atoms with Crippen LogP contribution in [0.1, 0.15) is 36.1 Å². The Hall–Kier alpha value is -4.14. The fourth-order valence-electron chi connectivity index (χ4n) is 5.85. The van der Waals surface area contributed by atoms with E-state index in [1.54, 1.807) is 30.3 Å². The number of sulfone groups is 1. The third-order valence-electron chi connectivity index (χ3n) is 8.57. The molecule has 1 fully saturated rings. The van der Waals surface area contributed by atoms with Gasteiger partial charge in [-0.2, -0.15) is 26.3 Å². The Bertz CT molecular complexity index is 1820. The van der Waals surface area contributed by atoms with Gasteiger partial charge < -0.3 is 14.7 Å². The second-order valence-electron chi connectivity index (χ2n) is 12.3. The molecule has 5 rings (SSSR count). The number of carbonyl (C=O) groups is 1. The lowest BCUT2D eigenvalue weighted by molar-refractivity contribution is -0.143. The van der Waals surface area contributed by atoms with E-state index in [1.165, 1.54) is 45.3 Å². The zero-order valence-electron chi connectivity index (χ0n) is 25.7. The number of carbonyl (C=O) groups excluding carboxylic acids is 1. The van der Waals surface area contributed by atoms with Crippen LogP contribution in [0.2, 0.25) is 0 Å². The van der Waals surface area contributed by atoms with Crippen LogP contribution in [0.4, 0.5) is 42.2 Å². The second kappa shape index (κ2) is 11.8. The molecule has 1 saturated heterocycles. The van der Waals surface area contributed by atoms with Crippen molar-refractivity contribution in [1.29, 1.82) is 0 Å². The van der Waals surface area contributed by atoms with Crippen molar-refractivity contribution in [2.24, 2.45) is 0 Å². The molecule has 47 heavy (non-hydrogen) atoms. The van der Waals surface area contributed by atoms with Gasteiger partial charge in [0.25, 0.3) is 0 Å². The Morgan fingerprint density at radius 3 is 2.13 bits per heavy atom. The van der Waals surface area contributed by atoms with E-state index in [1.807, 2.05) is 4.90 Å². The zero-order valence-corrected chi connectivity index (χ0v) is 26.6. The van der Waals surface area contributed by atoms with Crippen LogP contribution < -0.4 is 9.80 Å². The van der Waals surface area contributed by atoms with E-state index in [0.717, 1.165) is 4.90 Å². The fourth-order valence-corrected chi connectivity index (χ4v) is 7.39. The van der Waals surface area contributed by atoms with Crippen LogP contribution >= 0.6 is 0 Å². The Morgan fingerprint density at radius 2 is 1.53 bits per heavy atom. The highest BCUT2D eigenvalue weighted by atomic mass is 32.2. The van der Waals surface area contributed by atoms with Crippen LogP contribution in [0, 0.1) is 12.7 Å². The first-order chi connectivity index (χ1) is 21.7. The maximum atomic E-state index is 14.1. The quantitative estimate of drug-likeness (QED) is 0.284. The maximum absolute atomic E-state index is 14.1. The third kappa shape index (κ3) is 6.94. The number of aryl methyl sites for hydroxylation is 1. The number of rotatable bonds is 5. The number of halogens is 7. The van der Waals surface area contributed by atoms with Gasteiger partial charge in [0.05, 0.1) is 46.0 Å². The summed E-state index contributed by atoms with van der Waals surface area (Å²) in [6.07, 6.45) is -5.36. The van der Waals surface area contributed by atoms with Crippen molar-refractivity contribution < 1.29 is 43.9 Å². The zero-order chi connectivity index (χ0) is 34.7. The summed E-state index contributed by atoms with van der Waals surface area (Å²) < 4.78 is 121. The Balaban J connectivity index is 1.57. The van der Waals surface area contributed by atoms with E-state index in [9.17, 15) is 43.9 Å². The molecular weight excluding hydrogens is 653 g/mol. The van der Waals surface area contributed by atoms with Crippen LogP contribution in [0.5, 0.6) is 0 Å². The van der Waals surface area contributed by atoms with Gasteiger partial charge in [-0.1, -0.05) is 6.07 Å². The topological polar surface area (TPSA) is 73.8 Å². The number of hydrogen-bond donors (Lipinski definition) is 0. The first-order valence-corrected chi connectivity index (χ1v) is 16.3. The number of likely N-dealkylation sites (N-methyl/N-ethyl adjacent to an activating group) is 1. The van der Waals surface area contributed by atoms with Crippen molar-refractivity contribution in [3.05, 3.63) is 89.1 Å². The Kier molecular flexibility index (Phi) is 8.61. The largest absolute Gasteiger partial charge is 0.416 e. The lowest BCUT2D eigenvalue weighted by atomic mass is 9.81. The number of alkyl halides is 6. The van der Waals surface area contributed by atoms with Gasteiger partial charge in [-0.15, -0.1) is 0 Å². The normalized spacial score (nSPS) is 18.2. The average Bonchev–Trinajstić information content (AvgIpc) is 2.98. The van der Waals surface area contributed by atoms with Gasteiger partial charge in [-0.3, -0.25) is 4.79 Å². The fraction of sp³-hybridized carbons (Fsp3) is 0.375. The van der Waals surface area contributed by atoms with Gasteiger partial charge in [0, 0.05) is 38.1 Å². The first kappa shape index (κ1) is 34.2. The Morgan fingerprint density at radius 1 is 0.915 bits per heavy atom. The number of aromatic nitrogens is 1. The molecule has 1 atom stereocenters. The summed E-state index contributed by atoms with van der Waals surface area (Å²) in [7, 11) is -1.91. The average molecular weight is 685 g/mol. The molecule has 2 aromatic carbocycles. The second-order valence-corrected chi connectivity index (χ2v) is 14.5. The molecule has 1 unspecified atom stereocenters. The molecule has 15 heteroatoms. The number of fused-ring (bicyclic) bond motifs is 1. The van der Waals surface area contributed by atoms with Gasteiger partial charge >= 0.3 is 12.4 Å². The van der Waals surface area contributed by atoms with Crippen LogP contribution in [0.15, 0.2) is 61.1 Å². The minimum atomic E-state index is -5.10. The monoisotopic (exact) mass is 684 g/mol. The van der Waals surface area contributed by atoms with E-state index < -0.39 is 56.0 Å². The summed E-state index contributed by atoms with van der Waals surface area (Å²) in [5.41, 5.74) is -3.95. The molecule has 2 aliphatic heterocycles. The number of nitrogens with zero attached hydrogens (tertiary/aromatic N) is 4. The molecule has 2 aliphatic rings. The molecule has 0 bridgehead atoms. The number of hydrogen-bond acceptors (Lipinski definition) is 6. The van der Waals surface area contributed by atoms with Gasteiger partial charge in [-0.25, -0.2) is 17.8 Å². The molecule has 0 radical (unpaired) electrons. The van der Waals surface area contributed by atoms with E-state index in [-0.39, 0.29) is 35.8 Å². The van der Waals surface area contributed by atoms with Gasteiger partial charge in [-0.05, 0) is 73.9 Å². The van der Waals surface area contributed by atoms with Crippen LogP contribution in [-0.2, 0) is 32.4 Å². The number of pyridine rings is 1. The standard InChI is InChI=1S/C32H31F7N4O3S/c1-19-11-23(33)5-6-25(19)26-15-28(43-8-7-42-9-10-47(45,46)18-24(42)17-43)40-16-27(26)41(4)29(44)30(2,3)20-12-21(31(34,35)36)14-22(13-20)32(37,38)39/h5-8,11-16,24H,9-10,17-18H2,1-4H3. The highest BCUT2D eigenvalue weighted by molar-refractivity contribution is 7.91.